The highest BCUT2D eigenvalue weighted by Gasteiger charge is 2.51. The highest BCUT2D eigenvalue weighted by atomic mass is 31.2. The van der Waals surface area contributed by atoms with E-state index in [9.17, 15) is 39.8 Å². The van der Waals surface area contributed by atoms with Crippen LogP contribution in [0, 0.1) is 0 Å². The van der Waals surface area contributed by atoms with Gasteiger partial charge in [0.1, 0.15) is 42.7 Å². The van der Waals surface area contributed by atoms with Crippen LogP contribution in [0.2, 0.25) is 0 Å². The number of ether oxygens (including phenoxy) is 2. The van der Waals surface area contributed by atoms with Gasteiger partial charge in [-0.1, -0.05) is 162 Å². The van der Waals surface area contributed by atoms with Crippen molar-refractivity contribution in [2.24, 2.45) is 0 Å². The minimum atomic E-state index is -5.05. The molecule has 1 fully saturated rings. The minimum Gasteiger partial charge on any atom is -0.457 e. The van der Waals surface area contributed by atoms with Crippen LogP contribution in [0.1, 0.15) is 155 Å². The molecule has 0 heterocycles. The third-order valence-electron chi connectivity index (χ3n) is 10.5. The first kappa shape index (κ1) is 59.3. The Morgan fingerprint density at radius 1 is 0.516 bits per heavy atom. The number of unbranched alkanes of at least 4 members (excludes halogenated alkanes) is 11. The van der Waals surface area contributed by atoms with Gasteiger partial charge in [-0.2, -0.15) is 0 Å². The number of aliphatic hydroxyl groups is 5. The average Bonchev–Trinajstić information content (AvgIpc) is 3.28. The van der Waals surface area contributed by atoms with E-state index in [-0.39, 0.29) is 13.0 Å². The maximum atomic E-state index is 12.8. The van der Waals surface area contributed by atoms with Gasteiger partial charge in [0.2, 0.25) is 0 Å². The second-order valence-corrected chi connectivity index (χ2v) is 17.6. The number of carbonyl (C=O) groups excluding carboxylic acids is 1. The van der Waals surface area contributed by atoms with Gasteiger partial charge in [0, 0.05) is 13.0 Å². The van der Waals surface area contributed by atoms with Crippen LogP contribution in [0.5, 0.6) is 0 Å². The third kappa shape index (κ3) is 32.0. The van der Waals surface area contributed by atoms with Gasteiger partial charge in [-0.15, -0.1) is 0 Å². The van der Waals surface area contributed by atoms with Crippen molar-refractivity contribution < 1.29 is 58.3 Å². The van der Waals surface area contributed by atoms with Crippen LogP contribution in [-0.2, 0) is 27.9 Å². The zero-order valence-electron chi connectivity index (χ0n) is 39.0. The van der Waals surface area contributed by atoms with E-state index in [1.54, 1.807) is 0 Å². The van der Waals surface area contributed by atoms with Crippen molar-refractivity contribution in [3.05, 3.63) is 97.2 Å². The first-order chi connectivity index (χ1) is 31.0. The fraction of sp³-hybridized carbons (Fsp3) is 0.667. The van der Waals surface area contributed by atoms with Crippen LogP contribution >= 0.6 is 7.82 Å². The van der Waals surface area contributed by atoms with Crippen molar-refractivity contribution in [3.8, 4) is 0 Å². The van der Waals surface area contributed by atoms with Crippen molar-refractivity contribution >= 4 is 13.8 Å². The quantitative estimate of drug-likeness (QED) is 0.0148. The molecule has 1 aliphatic carbocycles. The predicted molar refractivity (Wildman–Crippen MR) is 257 cm³/mol. The van der Waals surface area contributed by atoms with Gasteiger partial charge >= 0.3 is 13.8 Å². The number of allylic oxidation sites excluding steroid dienone is 16. The van der Waals surface area contributed by atoms with Crippen LogP contribution < -0.4 is 0 Å². The molecular weight excluding hydrogens is 836 g/mol. The Balaban J connectivity index is 2.45. The number of hydrogen-bond acceptors (Lipinski definition) is 11. The highest BCUT2D eigenvalue weighted by molar-refractivity contribution is 7.47. The van der Waals surface area contributed by atoms with Crippen LogP contribution in [0.15, 0.2) is 97.2 Å². The standard InChI is InChI=1S/C51H85O12P/c1-3-5-7-9-11-13-15-17-19-21-23-24-26-28-30-32-34-36-38-40-45(52)62-44(43-61-64(58,59)63-51-49(56)47(54)46(53)48(55)50(51)57)42-60-41-39-37-35-33-31-29-27-25-22-20-18-16-14-12-10-8-6-4-2/h5,7,11-14,17-20,23-24,28,30,34,36,44,46-51,53-57H,3-4,6,8-10,15-16,21-22,25-27,29,31-33,35,37-43H2,1-2H3,(H,58,59)/b7-5-,13-11-,14-12-,19-17-,20-18-,24-23-,30-28-,36-34-. The summed E-state index contributed by atoms with van der Waals surface area (Å²) in [5.41, 5.74) is 0. The summed E-state index contributed by atoms with van der Waals surface area (Å²) in [5, 5.41) is 50.2. The Morgan fingerprint density at radius 2 is 0.922 bits per heavy atom. The monoisotopic (exact) mass is 921 g/mol. The van der Waals surface area contributed by atoms with E-state index in [1.165, 1.54) is 51.4 Å². The molecule has 0 spiro atoms. The maximum Gasteiger partial charge on any atom is 0.472 e. The van der Waals surface area contributed by atoms with Crippen molar-refractivity contribution in [2.45, 2.75) is 198 Å². The summed E-state index contributed by atoms with van der Waals surface area (Å²) in [4.78, 5) is 23.2. The summed E-state index contributed by atoms with van der Waals surface area (Å²) < 4.78 is 34.1. The SMILES string of the molecule is CC/C=C\C/C=C\C/C=C\C/C=C\C/C=C\C/C=C\CCC(=O)OC(COCCCCCCCCCC/C=C\C/C=C\CCCCC)COP(=O)(O)OC1C(O)C(O)C(O)C(O)C1O. The summed E-state index contributed by atoms with van der Waals surface area (Å²) >= 11 is 0. The van der Waals surface area contributed by atoms with E-state index >= 15 is 0 Å². The van der Waals surface area contributed by atoms with Gasteiger partial charge in [0.05, 0.1) is 13.2 Å². The molecule has 1 saturated carbocycles. The van der Waals surface area contributed by atoms with Gasteiger partial charge in [0.15, 0.2) is 0 Å². The number of phosphoric acid groups is 1. The van der Waals surface area contributed by atoms with Gasteiger partial charge < -0.3 is 39.9 Å². The molecule has 0 aromatic heterocycles. The molecule has 13 heteroatoms. The molecule has 0 saturated heterocycles. The lowest BCUT2D eigenvalue weighted by molar-refractivity contribution is -0.220. The summed E-state index contributed by atoms with van der Waals surface area (Å²) in [6.45, 7) is 4.01. The molecule has 1 aliphatic rings. The fourth-order valence-electron chi connectivity index (χ4n) is 6.65. The number of phosphoric ester groups is 1. The highest BCUT2D eigenvalue weighted by Crippen LogP contribution is 2.47. The number of aliphatic hydroxyl groups excluding tert-OH is 5. The van der Waals surface area contributed by atoms with E-state index in [0.717, 1.165) is 70.6 Å². The Labute approximate surface area is 385 Å². The zero-order chi connectivity index (χ0) is 46.9. The van der Waals surface area contributed by atoms with E-state index < -0.39 is 63.1 Å². The Kier molecular flexibility index (Phi) is 37.5. The van der Waals surface area contributed by atoms with Gasteiger partial charge in [-0.3, -0.25) is 13.8 Å². The first-order valence-corrected chi connectivity index (χ1v) is 25.6. The number of esters is 1. The molecule has 6 N–H and O–H groups in total. The first-order valence-electron chi connectivity index (χ1n) is 24.1. The molecule has 0 amide bonds. The summed E-state index contributed by atoms with van der Waals surface area (Å²) in [5.74, 6) is -0.565. The van der Waals surface area contributed by atoms with E-state index in [4.69, 9.17) is 18.5 Å². The lowest BCUT2D eigenvalue weighted by atomic mass is 9.85. The predicted octanol–water partition coefficient (Wildman–Crippen LogP) is 10.3. The molecule has 1 rings (SSSR count). The largest absolute Gasteiger partial charge is 0.472 e. The van der Waals surface area contributed by atoms with Crippen LogP contribution in [0.25, 0.3) is 0 Å². The normalized spacial score (nSPS) is 22.6. The van der Waals surface area contributed by atoms with Crippen LogP contribution in [0.4, 0.5) is 0 Å². The fourth-order valence-corrected chi connectivity index (χ4v) is 7.62. The molecule has 0 bridgehead atoms. The van der Waals surface area contributed by atoms with Crippen LogP contribution in [-0.4, -0.2) is 98.9 Å². The summed E-state index contributed by atoms with van der Waals surface area (Å²) in [7, 11) is -5.05. The van der Waals surface area contributed by atoms with E-state index in [1.807, 2.05) is 12.2 Å². The summed E-state index contributed by atoms with van der Waals surface area (Å²) in [6, 6.07) is 0. The molecule has 6 unspecified atom stereocenters. The van der Waals surface area contributed by atoms with E-state index in [2.05, 4.69) is 98.9 Å². The lowest BCUT2D eigenvalue weighted by Gasteiger charge is -2.41. The zero-order valence-corrected chi connectivity index (χ0v) is 39.9. The number of hydrogen-bond donors (Lipinski definition) is 6. The Morgan fingerprint density at radius 3 is 1.41 bits per heavy atom. The minimum absolute atomic E-state index is 0.0536. The van der Waals surface area contributed by atoms with Gasteiger partial charge in [0.25, 0.3) is 0 Å². The molecule has 0 aromatic rings. The summed E-state index contributed by atoms with van der Waals surface area (Å²) in [6.07, 6.45) is 43.4. The molecule has 0 aliphatic heterocycles. The molecule has 12 nitrogen and oxygen atoms in total. The second-order valence-electron chi connectivity index (χ2n) is 16.2. The van der Waals surface area contributed by atoms with Crippen LogP contribution in [0.3, 0.4) is 0 Å². The molecule has 64 heavy (non-hydrogen) atoms. The smallest absolute Gasteiger partial charge is 0.457 e. The molecule has 6 atom stereocenters. The Bertz CT molecular complexity index is 1420. The number of carbonyl (C=O) groups is 1. The van der Waals surface area contributed by atoms with E-state index in [0.29, 0.717) is 19.4 Å². The Hall–Kier alpha value is -2.74. The van der Waals surface area contributed by atoms with Crippen molar-refractivity contribution in [2.75, 3.05) is 19.8 Å². The second kappa shape index (κ2) is 40.5. The molecular formula is C51H85O12P. The lowest BCUT2D eigenvalue weighted by Crippen LogP contribution is -2.64. The molecule has 0 radical (unpaired) electrons. The van der Waals surface area contributed by atoms with Gasteiger partial charge in [-0.05, 0) is 83.5 Å². The third-order valence-corrected chi connectivity index (χ3v) is 11.4. The molecule has 0 aromatic carbocycles. The molecule has 366 valence electrons. The van der Waals surface area contributed by atoms with Crippen molar-refractivity contribution in [1.82, 2.24) is 0 Å². The average molecular weight is 921 g/mol. The topological polar surface area (TPSA) is 192 Å². The van der Waals surface area contributed by atoms with Gasteiger partial charge in [-0.25, -0.2) is 4.57 Å². The van der Waals surface area contributed by atoms with Crippen molar-refractivity contribution in [3.63, 3.8) is 0 Å². The van der Waals surface area contributed by atoms with Crippen molar-refractivity contribution in [1.29, 1.82) is 0 Å². The number of rotatable bonds is 39. The maximum absolute atomic E-state index is 12.8.